The summed E-state index contributed by atoms with van der Waals surface area (Å²) in [7, 11) is -0.932. The molecular weight excluding hydrogens is 220 g/mol. The van der Waals surface area contributed by atoms with Crippen LogP contribution in [-0.2, 0) is 15.5 Å². The van der Waals surface area contributed by atoms with E-state index in [1.54, 1.807) is 0 Å². The molecule has 1 heterocycles. The molecule has 3 heteroatoms. The molecule has 0 radical (unpaired) electrons. The standard InChI is InChI=1S/C13H12O2S/c14-16(9-12-8-15-12)13-6-5-10-3-1-2-4-11(10)7-13/h1-7,12H,8-9H2. The molecule has 0 amide bonds. The van der Waals surface area contributed by atoms with Crippen molar-refractivity contribution >= 4 is 21.6 Å². The maximum atomic E-state index is 12.0. The molecule has 1 saturated heterocycles. The summed E-state index contributed by atoms with van der Waals surface area (Å²) >= 11 is 0. The molecule has 0 saturated carbocycles. The van der Waals surface area contributed by atoms with Gasteiger partial charge in [0.25, 0.3) is 0 Å². The smallest absolute Gasteiger partial charge is 0.0928 e. The number of fused-ring (bicyclic) bond motifs is 1. The summed E-state index contributed by atoms with van der Waals surface area (Å²) in [5, 5.41) is 2.33. The fraction of sp³-hybridized carbons (Fsp3) is 0.231. The van der Waals surface area contributed by atoms with Crippen molar-refractivity contribution in [2.75, 3.05) is 12.4 Å². The molecule has 0 spiro atoms. The van der Waals surface area contributed by atoms with E-state index in [1.165, 1.54) is 5.39 Å². The van der Waals surface area contributed by atoms with E-state index in [2.05, 4.69) is 6.07 Å². The third-order valence-corrected chi connectivity index (χ3v) is 4.18. The van der Waals surface area contributed by atoms with Crippen molar-refractivity contribution in [2.45, 2.75) is 11.0 Å². The van der Waals surface area contributed by atoms with Crippen LogP contribution in [0.25, 0.3) is 10.8 Å². The van der Waals surface area contributed by atoms with Crippen molar-refractivity contribution in [3.8, 4) is 0 Å². The second-order valence-corrected chi connectivity index (χ2v) is 5.47. The molecule has 0 N–H and O–H groups in total. The lowest BCUT2D eigenvalue weighted by atomic mass is 10.1. The number of hydrogen-bond donors (Lipinski definition) is 0. The Morgan fingerprint density at radius 2 is 1.94 bits per heavy atom. The van der Waals surface area contributed by atoms with Gasteiger partial charge in [0.1, 0.15) is 0 Å². The predicted octanol–water partition coefficient (Wildman–Crippen LogP) is 2.35. The number of hydrogen-bond acceptors (Lipinski definition) is 2. The van der Waals surface area contributed by atoms with E-state index in [0.29, 0.717) is 5.75 Å². The first-order chi connectivity index (χ1) is 7.83. The van der Waals surface area contributed by atoms with Gasteiger partial charge in [0.2, 0.25) is 0 Å². The summed E-state index contributed by atoms with van der Waals surface area (Å²) in [6, 6.07) is 14.1. The van der Waals surface area contributed by atoms with Crippen LogP contribution in [0.5, 0.6) is 0 Å². The number of epoxide rings is 1. The van der Waals surface area contributed by atoms with Crippen LogP contribution in [0.4, 0.5) is 0 Å². The molecule has 3 rings (SSSR count). The van der Waals surface area contributed by atoms with Crippen molar-refractivity contribution in [2.24, 2.45) is 0 Å². The van der Waals surface area contributed by atoms with Gasteiger partial charge in [0.15, 0.2) is 0 Å². The first kappa shape index (κ1) is 10.00. The van der Waals surface area contributed by atoms with Crippen molar-refractivity contribution in [1.82, 2.24) is 0 Å². The maximum absolute atomic E-state index is 12.0. The summed E-state index contributed by atoms with van der Waals surface area (Å²) in [4.78, 5) is 0.897. The third kappa shape index (κ3) is 2.01. The molecule has 2 aromatic rings. The van der Waals surface area contributed by atoms with E-state index in [9.17, 15) is 4.21 Å². The van der Waals surface area contributed by atoms with Crippen LogP contribution in [0.15, 0.2) is 47.4 Å². The van der Waals surface area contributed by atoms with Gasteiger partial charge in [-0.1, -0.05) is 30.3 Å². The first-order valence-corrected chi connectivity index (χ1v) is 6.63. The topological polar surface area (TPSA) is 29.6 Å². The number of benzene rings is 2. The molecule has 1 aliphatic rings. The monoisotopic (exact) mass is 232 g/mol. The molecule has 1 aliphatic heterocycles. The molecule has 1 fully saturated rings. The van der Waals surface area contributed by atoms with Gasteiger partial charge < -0.3 is 4.74 Å². The minimum Gasteiger partial charge on any atom is -0.372 e. The molecule has 0 bridgehead atoms. The van der Waals surface area contributed by atoms with E-state index in [-0.39, 0.29) is 6.10 Å². The SMILES string of the molecule is O=S(CC1CO1)c1ccc2ccccc2c1. The van der Waals surface area contributed by atoms with Gasteiger partial charge in [-0.2, -0.15) is 0 Å². The highest BCUT2D eigenvalue weighted by Crippen LogP contribution is 2.20. The van der Waals surface area contributed by atoms with Gasteiger partial charge in [-0.25, -0.2) is 0 Å². The van der Waals surface area contributed by atoms with Gasteiger partial charge in [0.05, 0.1) is 29.3 Å². The van der Waals surface area contributed by atoms with Crippen LogP contribution in [-0.4, -0.2) is 22.7 Å². The zero-order valence-electron chi connectivity index (χ0n) is 8.76. The van der Waals surface area contributed by atoms with Gasteiger partial charge in [-0.3, -0.25) is 4.21 Å². The molecular formula is C13H12O2S. The fourth-order valence-corrected chi connectivity index (χ4v) is 2.94. The molecule has 16 heavy (non-hydrogen) atoms. The average Bonchev–Trinajstić information content (AvgIpc) is 3.12. The molecule has 2 atom stereocenters. The summed E-state index contributed by atoms with van der Waals surface area (Å²) in [6.45, 7) is 0.763. The molecule has 82 valence electrons. The van der Waals surface area contributed by atoms with Crippen molar-refractivity contribution < 1.29 is 8.95 Å². The van der Waals surface area contributed by atoms with E-state index >= 15 is 0 Å². The van der Waals surface area contributed by atoms with E-state index < -0.39 is 10.8 Å². The Balaban J connectivity index is 1.94. The van der Waals surface area contributed by atoms with E-state index in [1.807, 2.05) is 36.4 Å². The van der Waals surface area contributed by atoms with Gasteiger partial charge in [0, 0.05) is 4.90 Å². The highest BCUT2D eigenvalue weighted by molar-refractivity contribution is 7.85. The van der Waals surface area contributed by atoms with Crippen LogP contribution in [0, 0.1) is 0 Å². The lowest BCUT2D eigenvalue weighted by molar-refractivity contribution is 0.425. The Hall–Kier alpha value is -1.19. The lowest BCUT2D eigenvalue weighted by Crippen LogP contribution is -2.03. The van der Waals surface area contributed by atoms with Crippen LogP contribution in [0.3, 0.4) is 0 Å². The maximum Gasteiger partial charge on any atom is 0.0928 e. The summed E-state index contributed by atoms with van der Waals surface area (Å²) in [6.07, 6.45) is 0.215. The Bertz CT molecular complexity index is 546. The number of ether oxygens (including phenoxy) is 1. The largest absolute Gasteiger partial charge is 0.372 e. The zero-order valence-corrected chi connectivity index (χ0v) is 9.57. The second-order valence-electron chi connectivity index (χ2n) is 3.98. The summed E-state index contributed by atoms with van der Waals surface area (Å²) < 4.78 is 17.1. The van der Waals surface area contributed by atoms with Gasteiger partial charge in [-0.05, 0) is 22.9 Å². The van der Waals surface area contributed by atoms with Crippen LogP contribution in [0.1, 0.15) is 0 Å². The molecule has 2 nitrogen and oxygen atoms in total. The lowest BCUT2D eigenvalue weighted by Gasteiger charge is -2.02. The summed E-state index contributed by atoms with van der Waals surface area (Å²) in [5.74, 6) is 0.623. The Labute approximate surface area is 96.7 Å². The Kier molecular flexibility index (Phi) is 2.50. The van der Waals surface area contributed by atoms with Crippen molar-refractivity contribution in [1.29, 1.82) is 0 Å². The normalized spacial score (nSPS) is 20.9. The third-order valence-electron chi connectivity index (χ3n) is 2.72. The highest BCUT2D eigenvalue weighted by atomic mass is 32.2. The molecule has 0 aromatic heterocycles. The van der Waals surface area contributed by atoms with Crippen LogP contribution >= 0.6 is 0 Å². The first-order valence-electron chi connectivity index (χ1n) is 5.32. The average molecular weight is 232 g/mol. The quantitative estimate of drug-likeness (QED) is 0.760. The predicted molar refractivity (Wildman–Crippen MR) is 65.0 cm³/mol. The fourth-order valence-electron chi connectivity index (χ4n) is 1.74. The minimum atomic E-state index is -0.932. The minimum absolute atomic E-state index is 0.215. The highest BCUT2D eigenvalue weighted by Gasteiger charge is 2.25. The molecule has 2 aromatic carbocycles. The number of rotatable bonds is 3. The zero-order chi connectivity index (χ0) is 11.0. The molecule has 0 aliphatic carbocycles. The van der Waals surface area contributed by atoms with Crippen molar-refractivity contribution in [3.05, 3.63) is 42.5 Å². The Morgan fingerprint density at radius 1 is 1.19 bits per heavy atom. The second kappa shape index (κ2) is 4.00. The van der Waals surface area contributed by atoms with Gasteiger partial charge in [-0.15, -0.1) is 0 Å². The molecule has 2 unspecified atom stereocenters. The van der Waals surface area contributed by atoms with Crippen LogP contribution < -0.4 is 0 Å². The van der Waals surface area contributed by atoms with E-state index in [4.69, 9.17) is 4.74 Å². The van der Waals surface area contributed by atoms with Crippen LogP contribution in [0.2, 0.25) is 0 Å². The van der Waals surface area contributed by atoms with E-state index in [0.717, 1.165) is 16.9 Å². The van der Waals surface area contributed by atoms with Gasteiger partial charge >= 0.3 is 0 Å². The summed E-state index contributed by atoms with van der Waals surface area (Å²) in [5.41, 5.74) is 0. The van der Waals surface area contributed by atoms with Crippen molar-refractivity contribution in [3.63, 3.8) is 0 Å². The Morgan fingerprint density at radius 3 is 2.69 bits per heavy atom.